The number of hydrogen-bond donors (Lipinski definition) is 6. The summed E-state index contributed by atoms with van der Waals surface area (Å²) in [7, 11) is -4.98. The van der Waals surface area contributed by atoms with Gasteiger partial charge in [-0.05, 0) is 0 Å². The number of aliphatic carboxylic acids is 1. The van der Waals surface area contributed by atoms with Crippen molar-refractivity contribution in [2.75, 3.05) is 13.2 Å². The van der Waals surface area contributed by atoms with Crippen LogP contribution in [0.5, 0.6) is 0 Å². The van der Waals surface area contributed by atoms with Crippen molar-refractivity contribution in [2.24, 2.45) is 5.73 Å². The number of aliphatic hydroxyl groups is 2. The second-order valence-electron chi connectivity index (χ2n) is 4.10. The molecule has 5 atom stereocenters. The van der Waals surface area contributed by atoms with Crippen molar-refractivity contribution in [2.45, 2.75) is 30.6 Å². The molecule has 1 rings (SSSR count). The number of nitrogens with two attached hydrogens (primary N) is 1. The van der Waals surface area contributed by atoms with E-state index in [1.807, 2.05) is 0 Å². The number of carboxylic acid groups (broad SMARTS) is 1. The minimum atomic E-state index is -4.98. The van der Waals surface area contributed by atoms with Crippen LogP contribution in [0.15, 0.2) is 0 Å². The average Bonchev–Trinajstić information content (AvgIpc) is 2.32. The molecule has 1 heterocycles. The monoisotopic (exact) mass is 317 g/mol. The summed E-state index contributed by atoms with van der Waals surface area (Å²) in [6.07, 6.45) is -6.28. The molecular weight excluding hydrogens is 301 g/mol. The maximum atomic E-state index is 10.8. The molecule has 7 N–H and O–H groups in total. The molecule has 0 unspecified atom stereocenters. The van der Waals surface area contributed by atoms with Crippen LogP contribution in [0.2, 0.25) is 0 Å². The Kier molecular flexibility index (Phi) is 6.01. The number of phosphoric ester groups is 1. The van der Waals surface area contributed by atoms with Crippen LogP contribution >= 0.6 is 7.82 Å². The molecule has 1 saturated heterocycles. The molecule has 20 heavy (non-hydrogen) atoms. The van der Waals surface area contributed by atoms with Crippen molar-refractivity contribution in [3.63, 3.8) is 0 Å². The standard InChI is InChI=1S/C8H16NO10P/c9-3(7(12)13)1-17-8-6(19-20(14,15)16)5(11)4(10)2-18-8/h3-6,8,10-11H,1-2,9H2,(H,12,13)(H2,14,15,16)/t3-,4+,5-,6+,8+/m0/s1. The number of phosphoric acid groups is 1. The van der Waals surface area contributed by atoms with Gasteiger partial charge in [-0.25, -0.2) is 4.57 Å². The molecular formula is C8H16NO10P. The van der Waals surface area contributed by atoms with E-state index in [2.05, 4.69) is 4.52 Å². The molecule has 0 spiro atoms. The zero-order valence-electron chi connectivity index (χ0n) is 10.1. The third kappa shape index (κ3) is 5.05. The van der Waals surface area contributed by atoms with E-state index in [9.17, 15) is 19.6 Å². The van der Waals surface area contributed by atoms with Gasteiger partial charge in [-0.15, -0.1) is 0 Å². The largest absolute Gasteiger partial charge is 0.480 e. The molecule has 0 bridgehead atoms. The lowest BCUT2D eigenvalue weighted by atomic mass is 10.1. The Hall–Kier alpha value is -0.620. The summed E-state index contributed by atoms with van der Waals surface area (Å²) >= 11 is 0. The van der Waals surface area contributed by atoms with E-state index in [1.54, 1.807) is 0 Å². The molecule has 0 radical (unpaired) electrons. The Morgan fingerprint density at radius 3 is 2.55 bits per heavy atom. The summed E-state index contributed by atoms with van der Waals surface area (Å²) < 4.78 is 24.9. The number of ether oxygens (including phenoxy) is 2. The fourth-order valence-corrected chi connectivity index (χ4v) is 1.99. The summed E-state index contributed by atoms with van der Waals surface area (Å²) in [5.74, 6) is -1.35. The highest BCUT2D eigenvalue weighted by Crippen LogP contribution is 2.40. The highest BCUT2D eigenvalue weighted by atomic mass is 31.2. The predicted octanol–water partition coefficient (Wildman–Crippen LogP) is -3.03. The van der Waals surface area contributed by atoms with E-state index in [-0.39, 0.29) is 6.61 Å². The van der Waals surface area contributed by atoms with Gasteiger partial charge >= 0.3 is 13.8 Å². The Labute approximate surface area is 113 Å². The Bertz CT molecular complexity index is 385. The molecule has 0 saturated carbocycles. The lowest BCUT2D eigenvalue weighted by Crippen LogP contribution is -2.55. The maximum absolute atomic E-state index is 10.8. The molecule has 0 aliphatic carbocycles. The van der Waals surface area contributed by atoms with E-state index in [4.69, 9.17) is 30.1 Å². The first-order chi connectivity index (χ1) is 9.11. The molecule has 1 fully saturated rings. The Balaban J connectivity index is 2.70. The van der Waals surface area contributed by atoms with Crippen LogP contribution in [-0.4, -0.2) is 74.9 Å². The molecule has 0 aromatic carbocycles. The van der Waals surface area contributed by atoms with E-state index in [0.717, 1.165) is 0 Å². The van der Waals surface area contributed by atoms with Crippen LogP contribution in [0.25, 0.3) is 0 Å². The Morgan fingerprint density at radius 2 is 2.05 bits per heavy atom. The van der Waals surface area contributed by atoms with Gasteiger partial charge in [0.2, 0.25) is 0 Å². The van der Waals surface area contributed by atoms with Crippen LogP contribution in [0.1, 0.15) is 0 Å². The van der Waals surface area contributed by atoms with Crippen molar-refractivity contribution in [3.8, 4) is 0 Å². The lowest BCUT2D eigenvalue weighted by molar-refractivity contribution is -0.266. The van der Waals surface area contributed by atoms with E-state index < -0.39 is 51.0 Å². The molecule has 0 aromatic rings. The minimum absolute atomic E-state index is 0.380. The summed E-state index contributed by atoms with van der Waals surface area (Å²) in [6, 6.07) is -1.39. The van der Waals surface area contributed by atoms with Crippen LogP contribution in [0, 0.1) is 0 Å². The average molecular weight is 317 g/mol. The highest BCUT2D eigenvalue weighted by Gasteiger charge is 2.44. The van der Waals surface area contributed by atoms with Gasteiger partial charge in [0.1, 0.15) is 24.4 Å². The second-order valence-corrected chi connectivity index (χ2v) is 5.29. The molecule has 118 valence electrons. The molecule has 1 aliphatic rings. The third-order valence-electron chi connectivity index (χ3n) is 2.45. The molecule has 0 aromatic heterocycles. The van der Waals surface area contributed by atoms with Crippen molar-refractivity contribution >= 4 is 13.8 Å². The van der Waals surface area contributed by atoms with Gasteiger partial charge in [0.05, 0.1) is 13.2 Å². The molecule has 0 amide bonds. The number of carboxylic acids is 1. The maximum Gasteiger partial charge on any atom is 0.470 e. The van der Waals surface area contributed by atoms with Gasteiger partial charge in [0.15, 0.2) is 6.29 Å². The summed E-state index contributed by atoms with van der Waals surface area (Å²) in [4.78, 5) is 28.0. The summed E-state index contributed by atoms with van der Waals surface area (Å²) in [5, 5.41) is 27.5. The predicted molar refractivity (Wildman–Crippen MR) is 60.2 cm³/mol. The molecule has 12 heteroatoms. The summed E-state index contributed by atoms with van der Waals surface area (Å²) in [6.45, 7) is -0.918. The van der Waals surface area contributed by atoms with E-state index in [1.165, 1.54) is 0 Å². The number of aliphatic hydroxyl groups excluding tert-OH is 2. The van der Waals surface area contributed by atoms with Crippen molar-refractivity contribution in [1.82, 2.24) is 0 Å². The zero-order valence-corrected chi connectivity index (χ0v) is 11.0. The SMILES string of the molecule is N[C@@H](CO[C@@H]1OC[C@@H](O)[C@H](O)[C@H]1OP(=O)(O)O)C(=O)O. The van der Waals surface area contributed by atoms with Crippen molar-refractivity contribution in [3.05, 3.63) is 0 Å². The van der Waals surface area contributed by atoms with Gasteiger partial charge in [0.25, 0.3) is 0 Å². The van der Waals surface area contributed by atoms with Gasteiger partial charge in [0, 0.05) is 0 Å². The van der Waals surface area contributed by atoms with Gasteiger partial charge in [-0.1, -0.05) is 0 Å². The first-order valence-electron chi connectivity index (χ1n) is 5.43. The molecule has 1 aliphatic heterocycles. The first-order valence-corrected chi connectivity index (χ1v) is 6.96. The van der Waals surface area contributed by atoms with Gasteiger partial charge in [-0.3, -0.25) is 9.32 Å². The van der Waals surface area contributed by atoms with Crippen molar-refractivity contribution in [1.29, 1.82) is 0 Å². The quantitative estimate of drug-likeness (QED) is 0.273. The third-order valence-corrected chi connectivity index (χ3v) is 2.96. The van der Waals surface area contributed by atoms with Crippen LogP contribution in [0.4, 0.5) is 0 Å². The normalized spacial score (nSPS) is 32.9. The fraction of sp³-hybridized carbons (Fsp3) is 0.875. The van der Waals surface area contributed by atoms with Crippen molar-refractivity contribution < 1.29 is 48.5 Å². The zero-order chi connectivity index (χ0) is 15.5. The van der Waals surface area contributed by atoms with E-state index in [0.29, 0.717) is 0 Å². The lowest BCUT2D eigenvalue weighted by Gasteiger charge is -2.37. The smallest absolute Gasteiger partial charge is 0.470 e. The number of carbonyl (C=O) groups is 1. The van der Waals surface area contributed by atoms with Gasteiger partial charge < -0.3 is 40.3 Å². The van der Waals surface area contributed by atoms with Gasteiger partial charge in [-0.2, -0.15) is 0 Å². The second kappa shape index (κ2) is 6.89. The van der Waals surface area contributed by atoms with E-state index >= 15 is 0 Å². The number of hydrogen-bond acceptors (Lipinski definition) is 8. The highest BCUT2D eigenvalue weighted by molar-refractivity contribution is 7.46. The summed E-state index contributed by atoms with van der Waals surface area (Å²) in [5.41, 5.74) is 5.18. The fourth-order valence-electron chi connectivity index (χ4n) is 1.45. The first kappa shape index (κ1) is 17.4. The molecule has 11 nitrogen and oxygen atoms in total. The minimum Gasteiger partial charge on any atom is -0.480 e. The number of rotatable bonds is 6. The van der Waals surface area contributed by atoms with Crippen LogP contribution < -0.4 is 5.73 Å². The van der Waals surface area contributed by atoms with Crippen LogP contribution in [-0.2, 0) is 23.4 Å². The topological polar surface area (TPSA) is 189 Å². The Morgan fingerprint density at radius 1 is 1.45 bits per heavy atom. The van der Waals surface area contributed by atoms with Crippen LogP contribution in [0.3, 0.4) is 0 Å².